The highest BCUT2D eigenvalue weighted by Crippen LogP contribution is 2.55. The molecule has 0 aromatic heterocycles. The number of carbonyl (C=O) groups is 1. The molecule has 0 saturated carbocycles. The van der Waals surface area contributed by atoms with Crippen LogP contribution in [0, 0.1) is 22.7 Å². The van der Waals surface area contributed by atoms with Crippen molar-refractivity contribution in [1.29, 1.82) is 5.26 Å². The molecule has 0 N–H and O–H groups in total. The lowest BCUT2D eigenvalue weighted by Gasteiger charge is -2.42. The Hall–Kier alpha value is -2.34. The highest BCUT2D eigenvalue weighted by Gasteiger charge is 2.63. The van der Waals surface area contributed by atoms with E-state index in [9.17, 15) is 31.6 Å². The minimum atomic E-state index is -4.96. The number of allylic oxidation sites excluding steroid dienone is 1. The number of sulfone groups is 1. The Balaban J connectivity index is 2.57. The number of nitriles is 1. The maximum atomic E-state index is 14.2. The first-order valence-corrected chi connectivity index (χ1v) is 10.2. The molecule has 1 aromatic carbocycles. The molecule has 2 atom stereocenters. The van der Waals surface area contributed by atoms with Gasteiger partial charge >= 0.3 is 12.1 Å². The summed E-state index contributed by atoms with van der Waals surface area (Å²) in [6, 6.07) is 8.42. The third-order valence-electron chi connectivity index (χ3n) is 4.96. The summed E-state index contributed by atoms with van der Waals surface area (Å²) < 4.78 is 72.8. The number of ether oxygens (including phenoxy) is 1. The maximum absolute atomic E-state index is 14.2. The van der Waals surface area contributed by atoms with Crippen molar-refractivity contribution >= 4 is 15.8 Å². The Bertz CT molecular complexity index is 917. The standard InChI is InChI=1S/C19H20F3NO4S/c1-3-27-17(24)16-9-14(11-23)18(10-13(16)2,19(20,21)22)12-28(25,26)15-7-5-4-6-8-15/h4-8,14H,3,9-10,12H2,1-2H3. The third kappa shape index (κ3) is 4.07. The summed E-state index contributed by atoms with van der Waals surface area (Å²) in [5.74, 6) is -3.77. The summed E-state index contributed by atoms with van der Waals surface area (Å²) in [6.07, 6.45) is -6.23. The van der Waals surface area contributed by atoms with Gasteiger partial charge in [0.1, 0.15) is 5.41 Å². The molecular weight excluding hydrogens is 395 g/mol. The molecular formula is C19H20F3NO4S. The third-order valence-corrected chi connectivity index (χ3v) is 6.85. The van der Waals surface area contributed by atoms with Gasteiger partial charge in [-0.2, -0.15) is 18.4 Å². The van der Waals surface area contributed by atoms with E-state index >= 15 is 0 Å². The SMILES string of the molecule is CCOC(=O)C1=C(C)CC(CS(=O)(=O)c2ccccc2)(C(F)(F)F)C(C#N)C1. The molecule has 0 heterocycles. The zero-order valence-electron chi connectivity index (χ0n) is 15.4. The van der Waals surface area contributed by atoms with Gasteiger partial charge < -0.3 is 4.74 Å². The van der Waals surface area contributed by atoms with Gasteiger partial charge in [0, 0.05) is 5.57 Å². The van der Waals surface area contributed by atoms with E-state index < -0.39 is 51.9 Å². The summed E-state index contributed by atoms with van der Waals surface area (Å²) in [4.78, 5) is 11.8. The van der Waals surface area contributed by atoms with E-state index in [1.54, 1.807) is 19.1 Å². The van der Waals surface area contributed by atoms with Gasteiger partial charge in [-0.3, -0.25) is 0 Å². The molecule has 0 bridgehead atoms. The predicted molar refractivity (Wildman–Crippen MR) is 94.7 cm³/mol. The summed E-state index contributed by atoms with van der Waals surface area (Å²) in [7, 11) is -4.33. The van der Waals surface area contributed by atoms with Crippen LogP contribution in [0.2, 0.25) is 0 Å². The molecule has 2 unspecified atom stereocenters. The van der Waals surface area contributed by atoms with Gasteiger partial charge in [-0.25, -0.2) is 13.2 Å². The Morgan fingerprint density at radius 3 is 2.43 bits per heavy atom. The van der Waals surface area contributed by atoms with Crippen LogP contribution in [0.3, 0.4) is 0 Å². The number of carbonyl (C=O) groups excluding carboxylic acids is 1. The second-order valence-electron chi connectivity index (χ2n) is 6.77. The topological polar surface area (TPSA) is 84.2 Å². The van der Waals surface area contributed by atoms with Crippen LogP contribution >= 0.6 is 0 Å². The number of halogens is 3. The quantitative estimate of drug-likeness (QED) is 0.683. The highest BCUT2D eigenvalue weighted by atomic mass is 32.2. The van der Waals surface area contributed by atoms with E-state index in [0.717, 1.165) is 0 Å². The van der Waals surface area contributed by atoms with Gasteiger partial charge in [-0.1, -0.05) is 23.8 Å². The molecule has 1 aromatic rings. The van der Waals surface area contributed by atoms with Crippen molar-refractivity contribution in [2.24, 2.45) is 11.3 Å². The molecule has 0 fully saturated rings. The van der Waals surface area contributed by atoms with Crippen LogP contribution in [0.1, 0.15) is 26.7 Å². The van der Waals surface area contributed by atoms with Gasteiger partial charge in [0.25, 0.3) is 0 Å². The van der Waals surface area contributed by atoms with Gasteiger partial charge in [0.15, 0.2) is 9.84 Å². The number of alkyl halides is 3. The molecule has 0 saturated heterocycles. The van der Waals surface area contributed by atoms with Crippen LogP contribution in [-0.4, -0.2) is 32.9 Å². The van der Waals surface area contributed by atoms with Crippen LogP contribution in [0.4, 0.5) is 13.2 Å². The second kappa shape index (κ2) is 7.95. The fourth-order valence-corrected chi connectivity index (χ4v) is 5.39. The fourth-order valence-electron chi connectivity index (χ4n) is 3.50. The highest BCUT2D eigenvalue weighted by molar-refractivity contribution is 7.91. The van der Waals surface area contributed by atoms with Crippen molar-refractivity contribution in [3.05, 3.63) is 41.5 Å². The monoisotopic (exact) mass is 415 g/mol. The first kappa shape index (κ1) is 22.0. The molecule has 1 aliphatic carbocycles. The summed E-state index contributed by atoms with van der Waals surface area (Å²) in [5.41, 5.74) is -2.72. The van der Waals surface area contributed by atoms with E-state index in [2.05, 4.69) is 0 Å². The largest absolute Gasteiger partial charge is 0.463 e. The van der Waals surface area contributed by atoms with E-state index in [1.807, 2.05) is 0 Å². The number of rotatable bonds is 5. The van der Waals surface area contributed by atoms with E-state index in [-0.39, 0.29) is 22.6 Å². The number of hydrogen-bond donors (Lipinski definition) is 0. The number of benzene rings is 1. The lowest BCUT2D eigenvalue weighted by molar-refractivity contribution is -0.230. The van der Waals surface area contributed by atoms with Crippen molar-refractivity contribution < 1.29 is 31.1 Å². The molecule has 0 amide bonds. The van der Waals surface area contributed by atoms with Crippen LogP contribution in [0.25, 0.3) is 0 Å². The van der Waals surface area contributed by atoms with Gasteiger partial charge in [-0.15, -0.1) is 0 Å². The van der Waals surface area contributed by atoms with Crippen LogP contribution in [0.5, 0.6) is 0 Å². The van der Waals surface area contributed by atoms with Crippen molar-refractivity contribution in [1.82, 2.24) is 0 Å². The minimum Gasteiger partial charge on any atom is -0.463 e. The molecule has 28 heavy (non-hydrogen) atoms. The molecule has 5 nitrogen and oxygen atoms in total. The van der Waals surface area contributed by atoms with Crippen LogP contribution in [0.15, 0.2) is 46.4 Å². The zero-order valence-corrected chi connectivity index (χ0v) is 16.2. The number of hydrogen-bond acceptors (Lipinski definition) is 5. The average Bonchev–Trinajstić information content (AvgIpc) is 2.61. The smallest absolute Gasteiger partial charge is 0.397 e. The van der Waals surface area contributed by atoms with Gasteiger partial charge in [0.05, 0.1) is 29.2 Å². The van der Waals surface area contributed by atoms with E-state index in [0.29, 0.717) is 0 Å². The van der Waals surface area contributed by atoms with E-state index in [1.165, 1.54) is 31.2 Å². The number of nitrogens with zero attached hydrogens (tertiary/aromatic N) is 1. The van der Waals surface area contributed by atoms with Crippen LogP contribution in [-0.2, 0) is 19.4 Å². The second-order valence-corrected chi connectivity index (χ2v) is 8.76. The Morgan fingerprint density at radius 2 is 1.93 bits per heavy atom. The van der Waals surface area contributed by atoms with Gasteiger partial charge in [0.2, 0.25) is 0 Å². The summed E-state index contributed by atoms with van der Waals surface area (Å²) in [6.45, 7) is 2.94. The zero-order chi connectivity index (χ0) is 21.2. The van der Waals surface area contributed by atoms with Crippen molar-refractivity contribution in [2.45, 2.75) is 37.8 Å². The minimum absolute atomic E-state index is 0.00499. The number of esters is 1. The van der Waals surface area contributed by atoms with Crippen molar-refractivity contribution in [3.8, 4) is 6.07 Å². The molecule has 0 spiro atoms. The predicted octanol–water partition coefficient (Wildman–Crippen LogP) is 3.82. The van der Waals surface area contributed by atoms with Crippen molar-refractivity contribution in [2.75, 3.05) is 12.4 Å². The first-order chi connectivity index (χ1) is 13.0. The molecule has 9 heteroatoms. The summed E-state index contributed by atoms with van der Waals surface area (Å²) in [5, 5.41) is 9.45. The molecule has 152 valence electrons. The molecule has 0 aliphatic heterocycles. The van der Waals surface area contributed by atoms with Crippen molar-refractivity contribution in [3.63, 3.8) is 0 Å². The Labute approximate surface area is 161 Å². The van der Waals surface area contributed by atoms with Gasteiger partial charge in [-0.05, 0) is 38.8 Å². The average molecular weight is 415 g/mol. The Kier molecular flexibility index (Phi) is 6.24. The van der Waals surface area contributed by atoms with E-state index in [4.69, 9.17) is 4.74 Å². The molecule has 2 rings (SSSR count). The summed E-state index contributed by atoms with van der Waals surface area (Å²) >= 11 is 0. The lowest BCUT2D eigenvalue weighted by Crippen LogP contribution is -2.51. The van der Waals surface area contributed by atoms with Crippen LogP contribution < -0.4 is 0 Å². The first-order valence-electron chi connectivity index (χ1n) is 8.58. The molecule has 0 radical (unpaired) electrons. The normalized spacial score (nSPS) is 23.2. The Morgan fingerprint density at radius 1 is 1.32 bits per heavy atom. The molecule has 1 aliphatic rings. The fraction of sp³-hybridized carbons (Fsp3) is 0.474. The maximum Gasteiger partial charge on any atom is 0.397 e. The lowest BCUT2D eigenvalue weighted by atomic mass is 9.65.